The number of ether oxygens (including phenoxy) is 2. The average Bonchev–Trinajstić information content (AvgIpc) is 3.00. The molecule has 1 spiro atoms. The Labute approximate surface area is 155 Å². The van der Waals surface area contributed by atoms with Gasteiger partial charge < -0.3 is 9.47 Å². The van der Waals surface area contributed by atoms with Crippen LogP contribution in [0.15, 0.2) is 24.8 Å². The molecule has 138 valence electrons. The number of rotatable bonds is 4. The van der Waals surface area contributed by atoms with Crippen molar-refractivity contribution in [3.8, 4) is 11.5 Å². The van der Waals surface area contributed by atoms with Crippen LogP contribution >= 0.6 is 0 Å². The molecule has 1 aromatic rings. The number of piperidine rings is 1. The monoisotopic (exact) mass is 353 g/mol. The lowest BCUT2D eigenvalue weighted by Crippen LogP contribution is -2.68. The number of ketones is 1. The molecule has 2 heterocycles. The van der Waals surface area contributed by atoms with E-state index >= 15 is 0 Å². The highest BCUT2D eigenvalue weighted by molar-refractivity contribution is 5.89. The minimum absolute atomic E-state index is 0.157. The van der Waals surface area contributed by atoms with Crippen molar-refractivity contribution < 1.29 is 14.3 Å². The Kier molecular flexibility index (Phi) is 3.52. The molecule has 0 amide bonds. The van der Waals surface area contributed by atoms with Gasteiger partial charge >= 0.3 is 0 Å². The molecule has 0 aromatic heterocycles. The summed E-state index contributed by atoms with van der Waals surface area (Å²) in [6, 6.07) is 4.68. The third kappa shape index (κ3) is 1.81. The van der Waals surface area contributed by atoms with Crippen LogP contribution in [0.1, 0.15) is 37.3 Å². The zero-order valence-corrected chi connectivity index (χ0v) is 15.7. The van der Waals surface area contributed by atoms with E-state index in [1.54, 1.807) is 7.11 Å². The molecule has 2 fully saturated rings. The Morgan fingerprint density at radius 2 is 2.27 bits per heavy atom. The smallest absolute Gasteiger partial charge is 0.174 e. The molecule has 5 rings (SSSR count). The van der Waals surface area contributed by atoms with Crippen LogP contribution in [-0.2, 0) is 16.6 Å². The van der Waals surface area contributed by atoms with Gasteiger partial charge in [0.2, 0.25) is 0 Å². The maximum absolute atomic E-state index is 13.1. The van der Waals surface area contributed by atoms with Crippen LogP contribution < -0.4 is 9.47 Å². The van der Waals surface area contributed by atoms with Crippen molar-refractivity contribution in [3.05, 3.63) is 35.9 Å². The van der Waals surface area contributed by atoms with Gasteiger partial charge in [0.25, 0.3) is 0 Å². The average molecular weight is 353 g/mol. The molecule has 0 N–H and O–H groups in total. The third-order valence-electron chi connectivity index (χ3n) is 7.47. The standard InChI is InChI=1S/C22H27NO3/c1-4-9-23-10-8-22-18-13(5-2)12-16(24)21(22)26-20-17(25-3)7-6-14(19(20)22)11-15(18)23/h4,6-7,13,15,18,21H,1,5,8-12H2,2-3H3/t13?,15-,18+,21?,22+/m1/s1. The van der Waals surface area contributed by atoms with Gasteiger partial charge in [-0.3, -0.25) is 9.69 Å². The summed E-state index contributed by atoms with van der Waals surface area (Å²) in [7, 11) is 1.69. The van der Waals surface area contributed by atoms with E-state index in [0.717, 1.165) is 43.9 Å². The van der Waals surface area contributed by atoms with E-state index in [0.29, 0.717) is 24.3 Å². The van der Waals surface area contributed by atoms with Crippen LogP contribution in [0.5, 0.6) is 11.5 Å². The van der Waals surface area contributed by atoms with E-state index in [9.17, 15) is 4.79 Å². The van der Waals surface area contributed by atoms with Gasteiger partial charge in [0.05, 0.1) is 7.11 Å². The van der Waals surface area contributed by atoms with Gasteiger partial charge in [0.1, 0.15) is 0 Å². The number of hydrogen-bond acceptors (Lipinski definition) is 4. The molecule has 0 radical (unpaired) electrons. The Morgan fingerprint density at radius 3 is 3.00 bits per heavy atom. The number of carbonyl (C=O) groups excluding carboxylic acids is 1. The maximum Gasteiger partial charge on any atom is 0.174 e. The van der Waals surface area contributed by atoms with Crippen LogP contribution in [0, 0.1) is 11.8 Å². The van der Waals surface area contributed by atoms with Gasteiger partial charge in [-0.05, 0) is 42.9 Å². The predicted octanol–water partition coefficient (Wildman–Crippen LogP) is 3.13. The molecule has 1 aromatic carbocycles. The summed E-state index contributed by atoms with van der Waals surface area (Å²) in [6.45, 7) is 8.13. The first-order valence-corrected chi connectivity index (χ1v) is 9.90. The number of likely N-dealkylation sites (tertiary alicyclic amines) is 1. The zero-order chi connectivity index (χ0) is 18.1. The van der Waals surface area contributed by atoms with Crippen molar-refractivity contribution in [1.82, 2.24) is 4.90 Å². The first kappa shape index (κ1) is 16.4. The summed E-state index contributed by atoms with van der Waals surface area (Å²) < 4.78 is 12.0. The number of methoxy groups -OCH3 is 1. The molecule has 2 unspecified atom stereocenters. The van der Waals surface area contributed by atoms with Gasteiger partial charge in [-0.2, -0.15) is 0 Å². The van der Waals surface area contributed by atoms with Crippen molar-refractivity contribution in [2.45, 2.75) is 50.2 Å². The molecular weight excluding hydrogens is 326 g/mol. The molecule has 4 heteroatoms. The summed E-state index contributed by atoms with van der Waals surface area (Å²) in [5.74, 6) is 2.82. The molecule has 2 bridgehead atoms. The fourth-order valence-corrected chi connectivity index (χ4v) is 6.60. The summed E-state index contributed by atoms with van der Waals surface area (Å²) in [5, 5.41) is 0. The normalized spacial score (nSPS) is 37.1. The van der Waals surface area contributed by atoms with E-state index in [2.05, 4.69) is 24.5 Å². The van der Waals surface area contributed by atoms with Crippen molar-refractivity contribution in [2.24, 2.45) is 11.8 Å². The van der Waals surface area contributed by atoms with Crippen molar-refractivity contribution in [2.75, 3.05) is 20.2 Å². The first-order chi connectivity index (χ1) is 12.7. The highest BCUT2D eigenvalue weighted by Gasteiger charge is 2.67. The van der Waals surface area contributed by atoms with Crippen molar-refractivity contribution in [3.63, 3.8) is 0 Å². The van der Waals surface area contributed by atoms with Crippen LogP contribution in [0.2, 0.25) is 0 Å². The molecule has 1 saturated heterocycles. The second kappa shape index (κ2) is 5.59. The minimum Gasteiger partial charge on any atom is -0.493 e. The number of carbonyl (C=O) groups is 1. The number of nitrogens with zero attached hydrogens (tertiary/aromatic N) is 1. The van der Waals surface area contributed by atoms with Crippen molar-refractivity contribution >= 4 is 5.78 Å². The lowest BCUT2D eigenvalue weighted by atomic mass is 9.48. The molecule has 5 atom stereocenters. The number of benzene rings is 1. The Hall–Kier alpha value is -1.81. The Bertz CT molecular complexity index is 788. The number of hydrogen-bond donors (Lipinski definition) is 0. The Balaban J connectivity index is 1.75. The van der Waals surface area contributed by atoms with E-state index in [-0.39, 0.29) is 17.3 Å². The Morgan fingerprint density at radius 1 is 1.42 bits per heavy atom. The fraction of sp³-hybridized carbons (Fsp3) is 0.591. The maximum atomic E-state index is 13.1. The van der Waals surface area contributed by atoms with E-state index in [4.69, 9.17) is 9.47 Å². The van der Waals surface area contributed by atoms with Gasteiger partial charge in [-0.1, -0.05) is 25.5 Å². The molecule has 4 aliphatic rings. The summed E-state index contributed by atoms with van der Waals surface area (Å²) in [5.41, 5.74) is 2.49. The summed E-state index contributed by atoms with van der Waals surface area (Å²) in [6.07, 6.45) is 5.42. The van der Waals surface area contributed by atoms with Gasteiger partial charge in [0, 0.05) is 30.0 Å². The minimum atomic E-state index is -0.325. The van der Waals surface area contributed by atoms with E-state index in [1.165, 1.54) is 11.1 Å². The molecule has 2 aliphatic heterocycles. The largest absolute Gasteiger partial charge is 0.493 e. The lowest BCUT2D eigenvalue weighted by Gasteiger charge is -2.60. The SMILES string of the molecule is C=CCN1CC[C@]23c4c5ccc(OC)c4OC2C(=O)CC(CC)[C@H]3[C@H]1C5. The molecule has 4 nitrogen and oxygen atoms in total. The van der Waals surface area contributed by atoms with E-state index < -0.39 is 0 Å². The number of Topliss-reactive ketones (excluding diaryl/α,β-unsaturated/α-hetero) is 1. The van der Waals surface area contributed by atoms with Gasteiger partial charge in [-0.25, -0.2) is 0 Å². The van der Waals surface area contributed by atoms with Gasteiger partial charge in [0.15, 0.2) is 23.4 Å². The molecule has 1 saturated carbocycles. The fourth-order valence-electron chi connectivity index (χ4n) is 6.60. The highest BCUT2D eigenvalue weighted by atomic mass is 16.5. The second-order valence-electron chi connectivity index (χ2n) is 8.34. The van der Waals surface area contributed by atoms with Crippen LogP contribution in [-0.4, -0.2) is 43.0 Å². The quantitative estimate of drug-likeness (QED) is 0.780. The zero-order valence-electron chi connectivity index (χ0n) is 15.7. The summed E-state index contributed by atoms with van der Waals surface area (Å²) in [4.78, 5) is 15.7. The van der Waals surface area contributed by atoms with Crippen LogP contribution in [0.25, 0.3) is 0 Å². The third-order valence-corrected chi connectivity index (χ3v) is 7.47. The first-order valence-electron chi connectivity index (χ1n) is 9.90. The lowest BCUT2D eigenvalue weighted by molar-refractivity contribution is -0.144. The van der Waals surface area contributed by atoms with Gasteiger partial charge in [-0.15, -0.1) is 6.58 Å². The molecular formula is C22H27NO3. The van der Waals surface area contributed by atoms with Crippen LogP contribution in [0.4, 0.5) is 0 Å². The van der Waals surface area contributed by atoms with E-state index in [1.807, 2.05) is 12.1 Å². The molecule has 26 heavy (non-hydrogen) atoms. The highest BCUT2D eigenvalue weighted by Crippen LogP contribution is 2.64. The predicted molar refractivity (Wildman–Crippen MR) is 99.9 cm³/mol. The topological polar surface area (TPSA) is 38.8 Å². The van der Waals surface area contributed by atoms with Crippen LogP contribution in [0.3, 0.4) is 0 Å². The summed E-state index contributed by atoms with van der Waals surface area (Å²) >= 11 is 0. The van der Waals surface area contributed by atoms with Crippen molar-refractivity contribution in [1.29, 1.82) is 0 Å². The second-order valence-corrected chi connectivity index (χ2v) is 8.34. The molecule has 2 aliphatic carbocycles.